The summed E-state index contributed by atoms with van der Waals surface area (Å²) in [5.74, 6) is -0.885. The predicted molar refractivity (Wildman–Crippen MR) is 152 cm³/mol. The van der Waals surface area contributed by atoms with E-state index >= 15 is 0 Å². The molecule has 0 aromatic heterocycles. The number of hydrogen-bond acceptors (Lipinski definition) is 3. The van der Waals surface area contributed by atoms with Crippen molar-refractivity contribution in [2.24, 2.45) is 0 Å². The molecule has 4 amide bonds. The molecule has 3 aromatic carbocycles. The average Bonchev–Trinajstić information content (AvgIpc) is 2.95. The van der Waals surface area contributed by atoms with Crippen LogP contribution in [0.2, 0.25) is 5.02 Å². The number of fused-ring (bicyclic) bond motifs is 1. The van der Waals surface area contributed by atoms with Crippen molar-refractivity contribution in [1.82, 2.24) is 10.6 Å². The second-order valence-electron chi connectivity index (χ2n) is 10.6. The minimum atomic E-state index is -0.890. The van der Waals surface area contributed by atoms with Crippen LogP contribution >= 0.6 is 11.6 Å². The maximum atomic E-state index is 14.0. The van der Waals surface area contributed by atoms with E-state index in [1.54, 1.807) is 18.2 Å². The first-order valence-corrected chi connectivity index (χ1v) is 13.0. The second kappa shape index (κ2) is 11.3. The number of benzene rings is 3. The number of halogens is 1. The van der Waals surface area contributed by atoms with Gasteiger partial charge in [-0.25, -0.2) is 4.79 Å². The number of anilines is 2. The molecule has 0 saturated carbocycles. The summed E-state index contributed by atoms with van der Waals surface area (Å²) in [6.07, 6.45) is 0.300. The lowest BCUT2D eigenvalue weighted by Gasteiger charge is -2.28. The van der Waals surface area contributed by atoms with Crippen molar-refractivity contribution in [2.75, 3.05) is 16.8 Å². The lowest BCUT2D eigenvalue weighted by molar-refractivity contribution is -0.125. The Balaban J connectivity index is 1.70. The molecule has 2 unspecified atom stereocenters. The molecule has 4 rings (SSSR count). The molecular formula is C30H33ClN4O3. The SMILES string of the molecule is Cc1ccc(NC(=O)NC2CC(c3cccc(Cl)c3)c3ccccc3N(CC(=O)NC(C)(C)C)C2=O)cc1. The molecule has 8 heteroatoms. The third kappa shape index (κ3) is 6.72. The molecule has 0 aliphatic carbocycles. The van der Waals surface area contributed by atoms with Crippen LogP contribution in [0.25, 0.3) is 0 Å². The van der Waals surface area contributed by atoms with Crippen LogP contribution in [0.1, 0.15) is 49.8 Å². The molecule has 3 aromatic rings. The van der Waals surface area contributed by atoms with Gasteiger partial charge in [-0.3, -0.25) is 9.59 Å². The van der Waals surface area contributed by atoms with Crippen LogP contribution in [0, 0.1) is 6.92 Å². The monoisotopic (exact) mass is 532 g/mol. The first-order valence-electron chi connectivity index (χ1n) is 12.6. The van der Waals surface area contributed by atoms with Crippen molar-refractivity contribution in [3.63, 3.8) is 0 Å². The Bertz CT molecular complexity index is 1330. The Hall–Kier alpha value is -3.84. The molecule has 0 spiro atoms. The summed E-state index contributed by atoms with van der Waals surface area (Å²) >= 11 is 6.33. The molecule has 38 heavy (non-hydrogen) atoms. The maximum Gasteiger partial charge on any atom is 0.319 e. The van der Waals surface area contributed by atoms with Crippen molar-refractivity contribution in [1.29, 1.82) is 0 Å². The molecule has 0 bridgehead atoms. The number of nitrogens with zero attached hydrogens (tertiary/aromatic N) is 1. The van der Waals surface area contributed by atoms with Crippen LogP contribution < -0.4 is 20.9 Å². The first kappa shape index (κ1) is 27.2. The van der Waals surface area contributed by atoms with Crippen LogP contribution in [0.5, 0.6) is 0 Å². The topological polar surface area (TPSA) is 90.5 Å². The minimum absolute atomic E-state index is 0.173. The molecule has 7 nitrogen and oxygen atoms in total. The number of rotatable bonds is 5. The zero-order chi connectivity index (χ0) is 27.4. The summed E-state index contributed by atoms with van der Waals surface area (Å²) < 4.78 is 0. The number of carbonyl (C=O) groups is 3. The van der Waals surface area contributed by atoms with Crippen molar-refractivity contribution >= 4 is 40.8 Å². The fraction of sp³-hybridized carbons (Fsp3) is 0.300. The Morgan fingerprint density at radius 2 is 1.71 bits per heavy atom. The van der Waals surface area contributed by atoms with E-state index in [1.165, 1.54) is 4.90 Å². The Kier molecular flexibility index (Phi) is 8.07. The summed E-state index contributed by atoms with van der Waals surface area (Å²) in [5.41, 5.74) is 3.67. The van der Waals surface area contributed by atoms with E-state index in [4.69, 9.17) is 11.6 Å². The lowest BCUT2D eigenvalue weighted by atomic mass is 9.86. The standard InChI is InChI=1S/C30H33ClN4O3/c1-19-12-14-22(15-13-19)32-29(38)33-25-17-24(20-8-7-9-21(31)16-20)23-10-5-6-11-26(23)35(28(25)37)18-27(36)34-30(2,3)4/h5-16,24-25H,17-18H2,1-4H3,(H,34,36)(H2,32,33,38). The third-order valence-corrected chi connectivity index (χ3v) is 6.56. The Labute approximate surface area is 228 Å². The van der Waals surface area contributed by atoms with Crippen molar-refractivity contribution in [2.45, 2.75) is 51.6 Å². The van der Waals surface area contributed by atoms with Gasteiger partial charge < -0.3 is 20.9 Å². The van der Waals surface area contributed by atoms with Crippen molar-refractivity contribution in [3.05, 3.63) is 94.5 Å². The van der Waals surface area contributed by atoms with E-state index in [2.05, 4.69) is 16.0 Å². The number of para-hydroxylation sites is 1. The van der Waals surface area contributed by atoms with E-state index < -0.39 is 17.6 Å². The van der Waals surface area contributed by atoms with Crippen LogP contribution in [0.4, 0.5) is 16.2 Å². The van der Waals surface area contributed by atoms with Gasteiger partial charge in [0.15, 0.2) is 0 Å². The van der Waals surface area contributed by atoms with Gasteiger partial charge in [-0.05, 0) is 75.6 Å². The van der Waals surface area contributed by atoms with E-state index in [1.807, 2.05) is 82.3 Å². The van der Waals surface area contributed by atoms with Crippen molar-refractivity contribution < 1.29 is 14.4 Å². The van der Waals surface area contributed by atoms with Crippen molar-refractivity contribution in [3.8, 4) is 0 Å². The van der Waals surface area contributed by atoms with Crippen LogP contribution in [0.15, 0.2) is 72.8 Å². The fourth-order valence-corrected chi connectivity index (χ4v) is 4.88. The molecule has 198 valence electrons. The van der Waals surface area contributed by atoms with Crippen LogP contribution in [-0.4, -0.2) is 36.0 Å². The fourth-order valence-electron chi connectivity index (χ4n) is 4.68. The second-order valence-corrected chi connectivity index (χ2v) is 11.1. The number of aryl methyl sites for hydroxylation is 1. The van der Waals surface area contributed by atoms with E-state index in [9.17, 15) is 14.4 Å². The molecule has 2 atom stereocenters. The van der Waals surface area contributed by atoms with E-state index in [-0.39, 0.29) is 24.3 Å². The number of nitrogens with one attached hydrogen (secondary N) is 3. The maximum absolute atomic E-state index is 14.0. The Morgan fingerprint density at radius 1 is 1.00 bits per heavy atom. The molecule has 1 heterocycles. The van der Waals surface area contributed by atoms with Crippen LogP contribution in [-0.2, 0) is 9.59 Å². The summed E-state index contributed by atoms with van der Waals surface area (Å²) in [6.45, 7) is 7.45. The zero-order valence-corrected chi connectivity index (χ0v) is 22.8. The highest BCUT2D eigenvalue weighted by atomic mass is 35.5. The van der Waals surface area contributed by atoms with E-state index in [0.29, 0.717) is 22.8 Å². The zero-order valence-electron chi connectivity index (χ0n) is 22.0. The number of urea groups is 1. The predicted octanol–water partition coefficient (Wildman–Crippen LogP) is 5.62. The molecule has 0 fully saturated rings. The normalized spacial score (nSPS) is 17.3. The highest BCUT2D eigenvalue weighted by Crippen LogP contribution is 2.39. The quantitative estimate of drug-likeness (QED) is 0.398. The minimum Gasteiger partial charge on any atom is -0.350 e. The summed E-state index contributed by atoms with van der Waals surface area (Å²) in [4.78, 5) is 41.4. The molecule has 1 aliphatic heterocycles. The van der Waals surface area contributed by atoms with Gasteiger partial charge in [0.2, 0.25) is 11.8 Å². The number of hydrogen-bond donors (Lipinski definition) is 3. The largest absolute Gasteiger partial charge is 0.350 e. The van der Waals surface area contributed by atoms with Gasteiger partial charge in [-0.2, -0.15) is 0 Å². The summed E-state index contributed by atoms with van der Waals surface area (Å²) in [7, 11) is 0. The molecule has 1 aliphatic rings. The number of carbonyl (C=O) groups excluding carboxylic acids is 3. The number of amides is 4. The molecule has 3 N–H and O–H groups in total. The summed E-state index contributed by atoms with van der Waals surface area (Å²) in [5, 5.41) is 9.19. The van der Waals surface area contributed by atoms with Gasteiger partial charge in [0, 0.05) is 27.9 Å². The van der Waals surface area contributed by atoms with Crippen LogP contribution in [0.3, 0.4) is 0 Å². The highest BCUT2D eigenvalue weighted by molar-refractivity contribution is 6.30. The lowest BCUT2D eigenvalue weighted by Crippen LogP contribution is -2.53. The average molecular weight is 533 g/mol. The third-order valence-electron chi connectivity index (χ3n) is 6.32. The van der Waals surface area contributed by atoms with Gasteiger partial charge in [0.1, 0.15) is 12.6 Å². The molecule has 0 saturated heterocycles. The van der Waals surface area contributed by atoms with Gasteiger partial charge in [-0.1, -0.05) is 59.6 Å². The summed E-state index contributed by atoms with van der Waals surface area (Å²) in [6, 6.07) is 21.1. The van der Waals surface area contributed by atoms with Gasteiger partial charge in [0.25, 0.3) is 0 Å². The molecular weight excluding hydrogens is 500 g/mol. The molecule has 0 radical (unpaired) electrons. The first-order chi connectivity index (χ1) is 18.0. The van der Waals surface area contributed by atoms with E-state index in [0.717, 1.165) is 16.7 Å². The smallest absolute Gasteiger partial charge is 0.319 e. The van der Waals surface area contributed by atoms with Gasteiger partial charge in [-0.15, -0.1) is 0 Å². The van der Waals surface area contributed by atoms with Gasteiger partial charge in [0.05, 0.1) is 0 Å². The van der Waals surface area contributed by atoms with Gasteiger partial charge >= 0.3 is 6.03 Å². The highest BCUT2D eigenvalue weighted by Gasteiger charge is 2.37. The Morgan fingerprint density at radius 3 is 2.39 bits per heavy atom.